The van der Waals surface area contributed by atoms with Crippen molar-refractivity contribution in [3.8, 4) is 0 Å². The Hall–Kier alpha value is -1.88. The van der Waals surface area contributed by atoms with Gasteiger partial charge < -0.3 is 15.7 Å². The summed E-state index contributed by atoms with van der Waals surface area (Å²) in [5, 5.41) is 14.5. The molecule has 1 aromatic carbocycles. The van der Waals surface area contributed by atoms with E-state index in [-0.39, 0.29) is 18.4 Å². The second-order valence-corrected chi connectivity index (χ2v) is 6.01. The van der Waals surface area contributed by atoms with Gasteiger partial charge in [0.05, 0.1) is 6.61 Å². The number of aliphatic hydroxyl groups is 1. The van der Waals surface area contributed by atoms with Crippen LogP contribution in [0.2, 0.25) is 0 Å². The van der Waals surface area contributed by atoms with E-state index >= 15 is 0 Å². The van der Waals surface area contributed by atoms with Crippen LogP contribution in [0.4, 0.5) is 5.69 Å². The summed E-state index contributed by atoms with van der Waals surface area (Å²) in [6.45, 7) is 6.04. The van der Waals surface area contributed by atoms with Crippen molar-refractivity contribution >= 4 is 17.5 Å². The predicted molar refractivity (Wildman–Crippen MR) is 82.7 cm³/mol. The first-order valence-corrected chi connectivity index (χ1v) is 7.11. The largest absolute Gasteiger partial charge is 0.392 e. The summed E-state index contributed by atoms with van der Waals surface area (Å²) in [6.07, 6.45) is 0.953. The number of carbonyl (C=O) groups excluding carboxylic acids is 2. The van der Waals surface area contributed by atoms with Crippen LogP contribution in [0.15, 0.2) is 24.3 Å². The molecule has 116 valence electrons. The van der Waals surface area contributed by atoms with Crippen molar-refractivity contribution in [1.29, 1.82) is 0 Å². The quantitative estimate of drug-likeness (QED) is 0.702. The first-order chi connectivity index (χ1) is 9.82. The van der Waals surface area contributed by atoms with Crippen molar-refractivity contribution in [3.63, 3.8) is 0 Å². The van der Waals surface area contributed by atoms with E-state index in [2.05, 4.69) is 10.6 Å². The van der Waals surface area contributed by atoms with Crippen LogP contribution < -0.4 is 10.6 Å². The van der Waals surface area contributed by atoms with Gasteiger partial charge in [0.2, 0.25) is 11.8 Å². The number of rotatable bonds is 6. The Kier molecular flexibility index (Phi) is 6.37. The second-order valence-electron chi connectivity index (χ2n) is 6.01. The first kappa shape index (κ1) is 17.2. The Balaban J connectivity index is 2.26. The van der Waals surface area contributed by atoms with E-state index in [0.29, 0.717) is 25.1 Å². The van der Waals surface area contributed by atoms with E-state index in [0.717, 1.165) is 5.56 Å². The average molecular weight is 292 g/mol. The molecule has 2 amide bonds. The monoisotopic (exact) mass is 292 g/mol. The molecular formula is C16H24N2O3. The first-order valence-electron chi connectivity index (χ1n) is 7.11. The number of hydrogen-bond donors (Lipinski definition) is 3. The number of carbonyl (C=O) groups is 2. The van der Waals surface area contributed by atoms with Gasteiger partial charge in [-0.15, -0.1) is 0 Å². The zero-order chi connectivity index (χ0) is 15.9. The van der Waals surface area contributed by atoms with Crippen LogP contribution in [0.5, 0.6) is 0 Å². The molecular weight excluding hydrogens is 268 g/mol. The lowest BCUT2D eigenvalue weighted by molar-refractivity contribution is -0.128. The molecule has 0 radical (unpaired) electrons. The Morgan fingerprint density at radius 2 is 1.76 bits per heavy atom. The summed E-state index contributed by atoms with van der Waals surface area (Å²) in [5.74, 6) is -0.0979. The van der Waals surface area contributed by atoms with E-state index in [1.165, 1.54) is 0 Å². The van der Waals surface area contributed by atoms with Crippen molar-refractivity contribution in [3.05, 3.63) is 29.8 Å². The SMILES string of the molecule is CC(C)(C)C(=O)NCCCC(=O)Nc1ccc(CO)cc1. The maximum Gasteiger partial charge on any atom is 0.225 e. The normalized spacial score (nSPS) is 11.0. The molecule has 0 atom stereocenters. The molecule has 21 heavy (non-hydrogen) atoms. The second kappa shape index (κ2) is 7.78. The molecule has 1 aromatic rings. The summed E-state index contributed by atoms with van der Waals surface area (Å²) in [4.78, 5) is 23.4. The maximum atomic E-state index is 11.7. The van der Waals surface area contributed by atoms with Crippen molar-refractivity contribution in [2.24, 2.45) is 5.41 Å². The van der Waals surface area contributed by atoms with Crippen molar-refractivity contribution in [2.45, 2.75) is 40.2 Å². The van der Waals surface area contributed by atoms with Gasteiger partial charge in [-0.2, -0.15) is 0 Å². The number of benzene rings is 1. The summed E-state index contributed by atoms with van der Waals surface area (Å²) in [6, 6.07) is 7.04. The van der Waals surface area contributed by atoms with Gasteiger partial charge in [-0.25, -0.2) is 0 Å². The molecule has 0 spiro atoms. The van der Waals surface area contributed by atoms with Gasteiger partial charge in [0.15, 0.2) is 0 Å². The number of nitrogens with one attached hydrogen (secondary N) is 2. The zero-order valence-corrected chi connectivity index (χ0v) is 12.9. The lowest BCUT2D eigenvalue weighted by Gasteiger charge is -2.17. The molecule has 0 aliphatic heterocycles. The van der Waals surface area contributed by atoms with Gasteiger partial charge in [0, 0.05) is 24.1 Å². The number of amides is 2. The average Bonchev–Trinajstić information content (AvgIpc) is 2.43. The fourth-order valence-electron chi connectivity index (χ4n) is 1.63. The molecule has 0 aromatic heterocycles. The summed E-state index contributed by atoms with van der Waals surface area (Å²) in [7, 11) is 0. The van der Waals surface area contributed by atoms with Gasteiger partial charge >= 0.3 is 0 Å². The molecule has 5 heteroatoms. The Morgan fingerprint density at radius 1 is 1.14 bits per heavy atom. The molecule has 0 aliphatic carbocycles. The highest BCUT2D eigenvalue weighted by Crippen LogP contribution is 2.12. The Labute approximate surface area is 125 Å². The van der Waals surface area contributed by atoms with Gasteiger partial charge in [-0.05, 0) is 24.1 Å². The third-order valence-corrected chi connectivity index (χ3v) is 2.97. The van der Waals surface area contributed by atoms with Gasteiger partial charge in [0.25, 0.3) is 0 Å². The number of hydrogen-bond acceptors (Lipinski definition) is 3. The topological polar surface area (TPSA) is 78.4 Å². The highest BCUT2D eigenvalue weighted by Gasteiger charge is 2.20. The lowest BCUT2D eigenvalue weighted by atomic mass is 9.96. The Bertz CT molecular complexity index is 475. The zero-order valence-electron chi connectivity index (χ0n) is 12.9. The lowest BCUT2D eigenvalue weighted by Crippen LogP contribution is -2.35. The molecule has 1 rings (SSSR count). The predicted octanol–water partition coefficient (Wildman–Crippen LogP) is 2.06. The van der Waals surface area contributed by atoms with E-state index in [9.17, 15) is 9.59 Å². The van der Waals surface area contributed by atoms with E-state index in [1.54, 1.807) is 24.3 Å². The highest BCUT2D eigenvalue weighted by atomic mass is 16.3. The summed E-state index contributed by atoms with van der Waals surface area (Å²) in [5.41, 5.74) is 1.10. The van der Waals surface area contributed by atoms with Crippen molar-refractivity contribution in [2.75, 3.05) is 11.9 Å². The van der Waals surface area contributed by atoms with Crippen LogP contribution in [0, 0.1) is 5.41 Å². The minimum Gasteiger partial charge on any atom is -0.392 e. The van der Waals surface area contributed by atoms with Crippen molar-refractivity contribution < 1.29 is 14.7 Å². The van der Waals surface area contributed by atoms with Gasteiger partial charge in [-0.1, -0.05) is 32.9 Å². The van der Waals surface area contributed by atoms with Gasteiger partial charge in [-0.3, -0.25) is 9.59 Å². The molecule has 0 heterocycles. The fourth-order valence-corrected chi connectivity index (χ4v) is 1.63. The molecule has 0 saturated carbocycles. The fraction of sp³-hybridized carbons (Fsp3) is 0.500. The van der Waals surface area contributed by atoms with Crippen LogP contribution in [0.3, 0.4) is 0 Å². The molecule has 3 N–H and O–H groups in total. The van der Waals surface area contributed by atoms with E-state index in [1.807, 2.05) is 20.8 Å². The van der Waals surface area contributed by atoms with Crippen LogP contribution in [0.25, 0.3) is 0 Å². The third kappa shape index (κ3) is 6.40. The van der Waals surface area contributed by atoms with Crippen LogP contribution >= 0.6 is 0 Å². The minimum atomic E-state index is -0.406. The minimum absolute atomic E-state index is 0.0116. The number of aliphatic hydroxyl groups excluding tert-OH is 1. The molecule has 0 saturated heterocycles. The highest BCUT2D eigenvalue weighted by molar-refractivity contribution is 5.90. The molecule has 0 unspecified atom stereocenters. The van der Waals surface area contributed by atoms with E-state index in [4.69, 9.17) is 5.11 Å². The molecule has 5 nitrogen and oxygen atoms in total. The maximum absolute atomic E-state index is 11.7. The standard InChI is InChI=1S/C16H24N2O3/c1-16(2,3)15(21)17-10-4-5-14(20)18-13-8-6-12(11-19)7-9-13/h6-9,19H,4-5,10-11H2,1-3H3,(H,17,21)(H,18,20). The van der Waals surface area contributed by atoms with Crippen LogP contribution in [0.1, 0.15) is 39.2 Å². The summed E-state index contributed by atoms with van der Waals surface area (Å²) < 4.78 is 0. The molecule has 0 fully saturated rings. The number of anilines is 1. The van der Waals surface area contributed by atoms with Gasteiger partial charge in [0.1, 0.15) is 0 Å². The third-order valence-electron chi connectivity index (χ3n) is 2.97. The van der Waals surface area contributed by atoms with Crippen LogP contribution in [-0.2, 0) is 16.2 Å². The van der Waals surface area contributed by atoms with Crippen LogP contribution in [-0.4, -0.2) is 23.5 Å². The smallest absolute Gasteiger partial charge is 0.225 e. The Morgan fingerprint density at radius 3 is 2.29 bits per heavy atom. The summed E-state index contributed by atoms with van der Waals surface area (Å²) >= 11 is 0. The molecule has 0 aliphatic rings. The van der Waals surface area contributed by atoms with Crippen molar-refractivity contribution in [1.82, 2.24) is 5.32 Å². The van der Waals surface area contributed by atoms with E-state index < -0.39 is 5.41 Å². The molecule has 0 bridgehead atoms.